The lowest BCUT2D eigenvalue weighted by molar-refractivity contribution is -0.197. The van der Waals surface area contributed by atoms with Crippen molar-refractivity contribution < 1.29 is 42.9 Å². The Morgan fingerprint density at radius 3 is 2.71 bits per heavy atom. The Labute approximate surface area is 248 Å². The predicted molar refractivity (Wildman–Crippen MR) is 152 cm³/mol. The van der Waals surface area contributed by atoms with Crippen molar-refractivity contribution in [2.45, 2.75) is 45.0 Å². The predicted octanol–water partition coefficient (Wildman–Crippen LogP) is 3.61. The number of carbonyl (C=O) groups is 1. The summed E-state index contributed by atoms with van der Waals surface area (Å²) >= 11 is 3.65. The minimum absolute atomic E-state index is 0.0271. The number of aryl methyl sites for hydroxylation is 1. The van der Waals surface area contributed by atoms with Gasteiger partial charge in [0.2, 0.25) is 5.76 Å². The first-order valence-electron chi connectivity index (χ1n) is 13.3. The quantitative estimate of drug-likeness (QED) is 0.256. The molecular weight excluding hydrogens is 615 g/mol. The molecule has 0 aromatic heterocycles. The van der Waals surface area contributed by atoms with Crippen molar-refractivity contribution in [3.8, 4) is 0 Å². The Morgan fingerprint density at radius 2 is 2.05 bits per heavy atom. The molecule has 1 aromatic rings. The fraction of sp³-hybridized carbons (Fsp3) is 0.367. The van der Waals surface area contributed by atoms with Crippen molar-refractivity contribution >= 4 is 51.0 Å². The molecule has 1 unspecified atom stereocenters. The van der Waals surface area contributed by atoms with Crippen LogP contribution < -0.4 is 4.90 Å². The van der Waals surface area contributed by atoms with Crippen LogP contribution in [0.25, 0.3) is 5.57 Å². The van der Waals surface area contributed by atoms with E-state index in [1.807, 2.05) is 16.8 Å². The van der Waals surface area contributed by atoms with Crippen molar-refractivity contribution in [1.29, 1.82) is 0 Å². The molecule has 0 radical (unpaired) electrons. The van der Waals surface area contributed by atoms with Crippen LogP contribution in [-0.2, 0) is 39.8 Å². The SMILES string of the molecule is CCC1(O[C@@H](C)OCC(=O)O)C(=C=O)OCC2=C1C=CN(CC1=C(Br)N3CCCc4cc(F)cc(c43)C1=C=O)C2=C=O. The first-order chi connectivity index (χ1) is 20.2. The molecule has 1 N–H and O–H groups in total. The van der Waals surface area contributed by atoms with Gasteiger partial charge in [-0.2, -0.15) is 0 Å². The summed E-state index contributed by atoms with van der Waals surface area (Å²) in [7, 11) is 0. The van der Waals surface area contributed by atoms with Crippen LogP contribution in [0.5, 0.6) is 0 Å². The Kier molecular flexibility index (Phi) is 8.21. The summed E-state index contributed by atoms with van der Waals surface area (Å²) < 4.78 is 32.2. The van der Waals surface area contributed by atoms with Crippen molar-refractivity contribution in [2.75, 3.05) is 31.2 Å². The minimum Gasteiger partial charge on any atom is -0.480 e. The van der Waals surface area contributed by atoms with Crippen molar-refractivity contribution in [2.24, 2.45) is 0 Å². The maximum Gasteiger partial charge on any atom is 0.329 e. The van der Waals surface area contributed by atoms with Gasteiger partial charge in [0.1, 0.15) is 30.7 Å². The molecule has 4 aliphatic rings. The van der Waals surface area contributed by atoms with Gasteiger partial charge in [-0.3, -0.25) is 0 Å². The molecule has 12 heteroatoms. The van der Waals surface area contributed by atoms with E-state index in [-0.39, 0.29) is 36.6 Å². The summed E-state index contributed by atoms with van der Waals surface area (Å²) in [4.78, 5) is 51.3. The Morgan fingerprint density at radius 1 is 1.26 bits per heavy atom. The third-order valence-corrected chi connectivity index (χ3v) is 8.62. The average Bonchev–Trinajstić information content (AvgIpc) is 2.98. The highest BCUT2D eigenvalue weighted by atomic mass is 79.9. The van der Waals surface area contributed by atoms with E-state index in [2.05, 4.69) is 15.9 Å². The number of carboxylic acids is 1. The topological polar surface area (TPSA) is 123 Å². The Balaban J connectivity index is 1.53. The number of ether oxygens (including phenoxy) is 3. The third-order valence-electron chi connectivity index (χ3n) is 7.72. The molecule has 1 aromatic carbocycles. The number of aliphatic carboxylic acids is 1. The van der Waals surface area contributed by atoms with Gasteiger partial charge in [0, 0.05) is 35.0 Å². The third kappa shape index (κ3) is 4.88. The molecule has 0 saturated carbocycles. The van der Waals surface area contributed by atoms with Crippen LogP contribution in [0.3, 0.4) is 0 Å². The Bertz CT molecular complexity index is 1610. The summed E-state index contributed by atoms with van der Waals surface area (Å²) in [6, 6.07) is 2.80. The van der Waals surface area contributed by atoms with E-state index in [9.17, 15) is 23.6 Å². The van der Waals surface area contributed by atoms with E-state index >= 15 is 0 Å². The van der Waals surface area contributed by atoms with Gasteiger partial charge in [-0.05, 0) is 65.9 Å². The zero-order valence-electron chi connectivity index (χ0n) is 22.8. The largest absolute Gasteiger partial charge is 0.480 e. The number of rotatable bonds is 8. The van der Waals surface area contributed by atoms with Crippen LogP contribution in [0.4, 0.5) is 10.1 Å². The van der Waals surface area contributed by atoms with E-state index in [1.54, 1.807) is 30.0 Å². The normalized spacial score (nSPS) is 21.8. The second-order valence-electron chi connectivity index (χ2n) is 10.0. The highest BCUT2D eigenvalue weighted by Gasteiger charge is 2.48. The van der Waals surface area contributed by atoms with Gasteiger partial charge in [0.15, 0.2) is 23.8 Å². The zero-order valence-corrected chi connectivity index (χ0v) is 24.4. The lowest BCUT2D eigenvalue weighted by atomic mass is 9.81. The first-order valence-corrected chi connectivity index (χ1v) is 14.1. The number of hydrogen-bond donors (Lipinski definition) is 1. The summed E-state index contributed by atoms with van der Waals surface area (Å²) in [5.74, 6) is 3.92. The fourth-order valence-electron chi connectivity index (χ4n) is 5.92. The van der Waals surface area contributed by atoms with Crippen molar-refractivity contribution in [3.63, 3.8) is 0 Å². The van der Waals surface area contributed by atoms with E-state index < -0.39 is 30.3 Å². The number of carboxylic acid groups (broad SMARTS) is 1. The molecule has 5 rings (SSSR count). The summed E-state index contributed by atoms with van der Waals surface area (Å²) in [5.41, 5.74) is 2.06. The number of anilines is 1. The maximum atomic E-state index is 14.6. The van der Waals surface area contributed by atoms with Gasteiger partial charge in [-0.1, -0.05) is 6.92 Å². The molecule has 0 bridgehead atoms. The van der Waals surface area contributed by atoms with Crippen LogP contribution in [0.2, 0.25) is 0 Å². The molecule has 4 aliphatic heterocycles. The molecule has 4 heterocycles. The number of benzene rings is 1. The van der Waals surface area contributed by atoms with Crippen LogP contribution in [-0.4, -0.2) is 72.0 Å². The fourth-order valence-corrected chi connectivity index (χ4v) is 6.60. The van der Waals surface area contributed by atoms with Crippen LogP contribution >= 0.6 is 15.9 Å². The van der Waals surface area contributed by atoms with E-state index in [4.69, 9.17) is 19.3 Å². The molecule has 0 saturated heterocycles. The average molecular weight is 641 g/mol. The monoisotopic (exact) mass is 640 g/mol. The minimum atomic E-state index is -1.52. The molecule has 0 spiro atoms. The van der Waals surface area contributed by atoms with Gasteiger partial charge in [0.25, 0.3) is 0 Å². The highest BCUT2D eigenvalue weighted by Crippen LogP contribution is 2.48. The summed E-state index contributed by atoms with van der Waals surface area (Å²) in [6.07, 6.45) is 3.84. The lowest BCUT2D eigenvalue weighted by Crippen LogP contribution is -2.46. The molecule has 218 valence electrons. The molecule has 10 nitrogen and oxygen atoms in total. The second kappa shape index (κ2) is 11.7. The van der Waals surface area contributed by atoms with E-state index in [1.165, 1.54) is 19.1 Å². The Hall–Kier alpha value is -4.01. The molecule has 2 atom stereocenters. The van der Waals surface area contributed by atoms with Crippen LogP contribution in [0, 0.1) is 5.82 Å². The molecule has 0 fully saturated rings. The second-order valence-corrected chi connectivity index (χ2v) is 10.8. The summed E-state index contributed by atoms with van der Waals surface area (Å²) in [5, 5.41) is 8.98. The van der Waals surface area contributed by atoms with Crippen molar-refractivity contribution in [1.82, 2.24) is 4.90 Å². The van der Waals surface area contributed by atoms with Gasteiger partial charge < -0.3 is 29.1 Å². The van der Waals surface area contributed by atoms with E-state index in [0.29, 0.717) is 39.9 Å². The van der Waals surface area contributed by atoms with Gasteiger partial charge in [-0.25, -0.2) is 23.6 Å². The van der Waals surface area contributed by atoms with Gasteiger partial charge in [0.05, 0.1) is 22.4 Å². The molecule has 42 heavy (non-hydrogen) atoms. The molecule has 0 aliphatic carbocycles. The maximum absolute atomic E-state index is 14.6. The first kappa shape index (κ1) is 29.5. The number of carbonyl (C=O) groups excluding carboxylic acids is 3. The smallest absolute Gasteiger partial charge is 0.329 e. The van der Waals surface area contributed by atoms with Crippen molar-refractivity contribution in [3.05, 3.63) is 74.1 Å². The van der Waals surface area contributed by atoms with E-state index in [0.717, 1.165) is 17.7 Å². The molecular formula is C30H26BrFN2O8. The van der Waals surface area contributed by atoms with Crippen LogP contribution in [0.1, 0.15) is 37.8 Å². The summed E-state index contributed by atoms with van der Waals surface area (Å²) in [6.45, 7) is 3.11. The zero-order chi connectivity index (χ0) is 30.2. The van der Waals surface area contributed by atoms with Gasteiger partial charge >= 0.3 is 5.97 Å². The molecule has 0 amide bonds. The van der Waals surface area contributed by atoms with Gasteiger partial charge in [-0.15, -0.1) is 0 Å². The number of hydrogen-bond acceptors (Lipinski definition) is 9. The lowest BCUT2D eigenvalue weighted by Gasteiger charge is -2.43. The van der Waals surface area contributed by atoms with Crippen LogP contribution in [0.15, 0.2) is 57.2 Å². The number of nitrogens with zero attached hydrogens (tertiary/aromatic N) is 2. The standard InChI is InChI=1S/C30H26BrFN2O8/c1-3-30(42-17(2)40-16-27(38)39)24-6-8-33(25(13-36)23(24)15-41-26(30)14-37)11-21-22(12-35)20-10-19(32)9-18-5-4-7-34(28(18)20)29(21)31/h6,8-10,17H,3-5,7,11,15-16H2,1-2H3,(H,38,39)/t17-,30?/m0/s1. The number of halogens is 2. The highest BCUT2D eigenvalue weighted by molar-refractivity contribution is 9.11.